The number of sulfonamides is 1. The van der Waals surface area contributed by atoms with Crippen molar-refractivity contribution >= 4 is 33.2 Å². The first-order chi connectivity index (χ1) is 16.2. The third-order valence-corrected chi connectivity index (χ3v) is 6.58. The van der Waals surface area contributed by atoms with E-state index in [0.29, 0.717) is 11.4 Å². The summed E-state index contributed by atoms with van der Waals surface area (Å²) in [7, 11) is -0.765. The molecule has 0 unspecified atom stereocenters. The second-order valence-corrected chi connectivity index (χ2v) is 9.37. The smallest absolute Gasteiger partial charge is 0.261 e. The molecule has 0 bridgehead atoms. The Kier molecular flexibility index (Phi) is 8.25. The van der Waals surface area contributed by atoms with Crippen LogP contribution in [0.1, 0.15) is 18.5 Å². The molecular weight excluding hydrogens is 480 g/mol. The summed E-state index contributed by atoms with van der Waals surface area (Å²) in [5, 5.41) is 2.90. The summed E-state index contributed by atoms with van der Waals surface area (Å²) in [5.41, 5.74) is 1.28. The Morgan fingerprint density at radius 1 is 0.941 bits per heavy atom. The summed E-state index contributed by atoms with van der Waals surface area (Å²) in [5.74, 6) is 1.18. The maximum Gasteiger partial charge on any atom is 0.261 e. The van der Waals surface area contributed by atoms with Crippen LogP contribution in [-0.2, 0) is 14.8 Å². The van der Waals surface area contributed by atoms with E-state index in [2.05, 4.69) is 10.0 Å². The molecule has 0 heterocycles. The van der Waals surface area contributed by atoms with Gasteiger partial charge in [-0.3, -0.25) is 9.52 Å². The van der Waals surface area contributed by atoms with Crippen LogP contribution in [0.4, 0.5) is 5.69 Å². The maximum atomic E-state index is 12.7. The summed E-state index contributed by atoms with van der Waals surface area (Å²) in [6.07, 6.45) is 0. The summed E-state index contributed by atoms with van der Waals surface area (Å²) < 4.78 is 43.5. The number of carbonyl (C=O) groups is 1. The molecule has 0 saturated carbocycles. The zero-order chi connectivity index (χ0) is 24.7. The van der Waals surface area contributed by atoms with Gasteiger partial charge in [0, 0.05) is 5.69 Å². The Morgan fingerprint density at radius 3 is 2.09 bits per heavy atom. The number of benzene rings is 3. The lowest BCUT2D eigenvalue weighted by Crippen LogP contribution is -2.31. The minimum absolute atomic E-state index is 0.0433. The molecule has 0 aliphatic carbocycles. The molecule has 1 amide bonds. The van der Waals surface area contributed by atoms with Crippen LogP contribution in [0, 0.1) is 0 Å². The van der Waals surface area contributed by atoms with Gasteiger partial charge in [-0.1, -0.05) is 23.7 Å². The molecule has 180 valence electrons. The lowest BCUT2D eigenvalue weighted by Gasteiger charge is -2.16. The van der Waals surface area contributed by atoms with Gasteiger partial charge in [0.15, 0.2) is 6.61 Å². The molecule has 2 N–H and O–H groups in total. The first-order valence-electron chi connectivity index (χ1n) is 10.2. The molecule has 0 aromatic heterocycles. The number of ether oxygens (including phenoxy) is 3. The largest absolute Gasteiger partial charge is 0.497 e. The number of hydrogen-bond donors (Lipinski definition) is 2. The van der Waals surface area contributed by atoms with Crippen LogP contribution in [-0.4, -0.2) is 35.2 Å². The van der Waals surface area contributed by atoms with Gasteiger partial charge in [-0.15, -0.1) is 0 Å². The molecule has 10 heteroatoms. The van der Waals surface area contributed by atoms with Crippen LogP contribution in [0.5, 0.6) is 17.2 Å². The molecule has 3 aromatic carbocycles. The predicted octanol–water partition coefficient (Wildman–Crippen LogP) is 4.41. The van der Waals surface area contributed by atoms with Crippen molar-refractivity contribution in [2.45, 2.75) is 17.9 Å². The van der Waals surface area contributed by atoms with Crippen LogP contribution in [0.15, 0.2) is 71.6 Å². The van der Waals surface area contributed by atoms with Gasteiger partial charge in [-0.2, -0.15) is 0 Å². The molecule has 1 atom stereocenters. The highest BCUT2D eigenvalue weighted by atomic mass is 35.5. The van der Waals surface area contributed by atoms with E-state index in [9.17, 15) is 13.2 Å². The summed E-state index contributed by atoms with van der Waals surface area (Å²) >= 11 is 6.21. The Bertz CT molecular complexity index is 1230. The average Bonchev–Trinajstić information content (AvgIpc) is 2.83. The van der Waals surface area contributed by atoms with Crippen LogP contribution in [0.3, 0.4) is 0 Å². The summed E-state index contributed by atoms with van der Waals surface area (Å²) in [4.78, 5) is 12.2. The minimum Gasteiger partial charge on any atom is -0.497 e. The number of anilines is 1. The SMILES string of the molecule is COc1ccc(NS(=O)(=O)c2ccc(OCC(=O)N[C@@H](C)c3ccc(OC)cc3)c(Cl)c2)cc1. The Balaban J connectivity index is 1.59. The van der Waals surface area contributed by atoms with E-state index < -0.39 is 10.0 Å². The Hall–Kier alpha value is -3.43. The van der Waals surface area contributed by atoms with Crippen molar-refractivity contribution < 1.29 is 27.4 Å². The van der Waals surface area contributed by atoms with E-state index in [1.54, 1.807) is 31.4 Å². The van der Waals surface area contributed by atoms with E-state index in [1.165, 1.54) is 25.3 Å². The molecule has 0 aliphatic heterocycles. The van der Waals surface area contributed by atoms with Crippen LogP contribution >= 0.6 is 11.6 Å². The fourth-order valence-electron chi connectivity index (χ4n) is 3.04. The monoisotopic (exact) mass is 504 g/mol. The molecule has 0 fully saturated rings. The number of hydrogen-bond acceptors (Lipinski definition) is 6. The number of rotatable bonds is 10. The van der Waals surface area contributed by atoms with Crippen molar-refractivity contribution in [1.29, 1.82) is 0 Å². The molecule has 0 aliphatic rings. The molecule has 3 aromatic rings. The molecule has 3 rings (SSSR count). The van der Waals surface area contributed by atoms with Crippen molar-refractivity contribution in [3.8, 4) is 17.2 Å². The van der Waals surface area contributed by atoms with Gasteiger partial charge in [-0.25, -0.2) is 8.42 Å². The fraction of sp³-hybridized carbons (Fsp3) is 0.208. The van der Waals surface area contributed by atoms with Crippen molar-refractivity contribution in [3.05, 3.63) is 77.3 Å². The Morgan fingerprint density at radius 2 is 1.53 bits per heavy atom. The summed E-state index contributed by atoms with van der Waals surface area (Å²) in [6.45, 7) is 1.57. The third-order valence-electron chi connectivity index (χ3n) is 4.91. The number of amides is 1. The molecule has 0 radical (unpaired) electrons. The van der Waals surface area contributed by atoms with Gasteiger partial charge >= 0.3 is 0 Å². The highest BCUT2D eigenvalue weighted by molar-refractivity contribution is 7.92. The van der Waals surface area contributed by atoms with E-state index in [4.69, 9.17) is 25.8 Å². The van der Waals surface area contributed by atoms with E-state index in [1.807, 2.05) is 31.2 Å². The van der Waals surface area contributed by atoms with Crippen molar-refractivity contribution in [3.63, 3.8) is 0 Å². The number of carbonyl (C=O) groups excluding carboxylic acids is 1. The van der Waals surface area contributed by atoms with Gasteiger partial charge in [0.25, 0.3) is 15.9 Å². The van der Waals surface area contributed by atoms with Crippen molar-refractivity contribution in [1.82, 2.24) is 5.32 Å². The molecule has 0 saturated heterocycles. The topological polar surface area (TPSA) is 103 Å². The zero-order valence-electron chi connectivity index (χ0n) is 18.9. The molecule has 34 heavy (non-hydrogen) atoms. The normalized spacial score (nSPS) is 11.9. The van der Waals surface area contributed by atoms with Gasteiger partial charge < -0.3 is 19.5 Å². The van der Waals surface area contributed by atoms with E-state index >= 15 is 0 Å². The molecule has 0 spiro atoms. The molecule has 8 nitrogen and oxygen atoms in total. The van der Waals surface area contributed by atoms with Crippen LogP contribution in [0.25, 0.3) is 0 Å². The molecular formula is C24H25ClN2O6S. The van der Waals surface area contributed by atoms with E-state index in [-0.39, 0.29) is 34.2 Å². The van der Waals surface area contributed by atoms with Crippen LogP contribution < -0.4 is 24.2 Å². The highest BCUT2D eigenvalue weighted by Crippen LogP contribution is 2.28. The highest BCUT2D eigenvalue weighted by Gasteiger charge is 2.17. The average molecular weight is 505 g/mol. The maximum absolute atomic E-state index is 12.7. The second-order valence-electron chi connectivity index (χ2n) is 7.28. The lowest BCUT2D eigenvalue weighted by molar-refractivity contribution is -0.123. The second kappa shape index (κ2) is 11.1. The number of methoxy groups -OCH3 is 2. The standard InChI is InChI=1S/C24H25ClN2O6S/c1-16(17-4-8-19(31-2)9-5-17)26-24(28)15-33-23-13-12-21(14-22(23)25)34(29,30)27-18-6-10-20(32-3)11-7-18/h4-14,16,27H,15H2,1-3H3,(H,26,28)/t16-/m0/s1. The van der Waals surface area contributed by atoms with Crippen molar-refractivity contribution in [2.24, 2.45) is 0 Å². The number of halogens is 1. The Labute approximate surface area is 203 Å². The third kappa shape index (κ3) is 6.55. The van der Waals surface area contributed by atoms with Crippen molar-refractivity contribution in [2.75, 3.05) is 25.5 Å². The first kappa shape index (κ1) is 25.2. The number of nitrogens with one attached hydrogen (secondary N) is 2. The van der Waals surface area contributed by atoms with Gasteiger partial charge in [0.05, 0.1) is 30.2 Å². The van der Waals surface area contributed by atoms with E-state index in [0.717, 1.165) is 11.3 Å². The minimum atomic E-state index is -3.87. The van der Waals surface area contributed by atoms with Gasteiger partial charge in [-0.05, 0) is 67.1 Å². The predicted molar refractivity (Wildman–Crippen MR) is 130 cm³/mol. The van der Waals surface area contributed by atoms with Gasteiger partial charge in [0.2, 0.25) is 0 Å². The van der Waals surface area contributed by atoms with Gasteiger partial charge in [0.1, 0.15) is 17.2 Å². The zero-order valence-corrected chi connectivity index (χ0v) is 20.4. The lowest BCUT2D eigenvalue weighted by atomic mass is 10.1. The fourth-order valence-corrected chi connectivity index (χ4v) is 4.43. The summed E-state index contributed by atoms with van der Waals surface area (Å²) in [6, 6.07) is 17.6. The quantitative estimate of drug-likeness (QED) is 0.424. The van der Waals surface area contributed by atoms with Crippen LogP contribution in [0.2, 0.25) is 5.02 Å². The first-order valence-corrected chi connectivity index (χ1v) is 12.1.